The van der Waals surface area contributed by atoms with Gasteiger partial charge in [-0.2, -0.15) is 0 Å². The summed E-state index contributed by atoms with van der Waals surface area (Å²) in [5.41, 5.74) is 2.54. The minimum absolute atomic E-state index is 0.469. The Morgan fingerprint density at radius 1 is 1.14 bits per heavy atom. The zero-order valence-corrected chi connectivity index (χ0v) is 10.9. The van der Waals surface area contributed by atoms with Crippen LogP contribution in [0.3, 0.4) is 0 Å². The minimum atomic E-state index is 0.469. The summed E-state index contributed by atoms with van der Waals surface area (Å²) in [6.07, 6.45) is 0. The maximum absolute atomic E-state index is 3.58. The van der Waals surface area contributed by atoms with Gasteiger partial charge in [-0.15, -0.1) is 0 Å². The third kappa shape index (κ3) is 3.02. The summed E-state index contributed by atoms with van der Waals surface area (Å²) in [5.74, 6) is 0.583. The van der Waals surface area contributed by atoms with E-state index in [9.17, 15) is 0 Å². The highest BCUT2D eigenvalue weighted by Crippen LogP contribution is 2.27. The van der Waals surface area contributed by atoms with Gasteiger partial charge >= 0.3 is 0 Å². The third-order valence-corrected chi connectivity index (χ3v) is 2.76. The summed E-state index contributed by atoms with van der Waals surface area (Å²) in [6.45, 7) is 8.69. The molecule has 1 nitrogen and oxygen atoms in total. The van der Waals surface area contributed by atoms with Gasteiger partial charge in [-0.05, 0) is 53.4 Å². The lowest BCUT2D eigenvalue weighted by Crippen LogP contribution is -2.10. The van der Waals surface area contributed by atoms with Crippen LogP contribution < -0.4 is 5.32 Å². The molecule has 0 aliphatic carbocycles. The molecule has 1 rings (SSSR count). The molecule has 0 aromatic heterocycles. The van der Waals surface area contributed by atoms with Gasteiger partial charge in [0.2, 0.25) is 0 Å². The van der Waals surface area contributed by atoms with E-state index in [-0.39, 0.29) is 0 Å². The van der Waals surface area contributed by atoms with Crippen LogP contribution in [0.25, 0.3) is 0 Å². The monoisotopic (exact) mass is 255 g/mol. The van der Waals surface area contributed by atoms with E-state index in [4.69, 9.17) is 0 Å². The molecule has 0 radical (unpaired) electrons. The van der Waals surface area contributed by atoms with Gasteiger partial charge in [0.15, 0.2) is 0 Å². The number of hydrogen-bond acceptors (Lipinski definition) is 1. The first-order chi connectivity index (χ1) is 6.50. The molecule has 0 fully saturated rings. The highest BCUT2D eigenvalue weighted by Gasteiger charge is 2.04. The molecule has 0 atom stereocenters. The number of rotatable bonds is 3. The van der Waals surface area contributed by atoms with Gasteiger partial charge in [0.05, 0.1) is 0 Å². The predicted molar refractivity (Wildman–Crippen MR) is 67.0 cm³/mol. The lowest BCUT2D eigenvalue weighted by atomic mass is 10.0. The SMILES string of the molecule is CC(C)Nc1ccc(C(C)C)cc1Br. The van der Waals surface area contributed by atoms with Crippen molar-refractivity contribution in [2.24, 2.45) is 0 Å². The van der Waals surface area contributed by atoms with Crippen LogP contribution in [0.2, 0.25) is 0 Å². The second-order valence-electron chi connectivity index (χ2n) is 4.19. The first kappa shape index (κ1) is 11.6. The van der Waals surface area contributed by atoms with E-state index >= 15 is 0 Å². The zero-order chi connectivity index (χ0) is 10.7. The molecule has 0 amide bonds. The largest absolute Gasteiger partial charge is 0.382 e. The van der Waals surface area contributed by atoms with Crippen LogP contribution in [0.15, 0.2) is 22.7 Å². The van der Waals surface area contributed by atoms with E-state index in [1.54, 1.807) is 0 Å². The topological polar surface area (TPSA) is 12.0 Å². The smallest absolute Gasteiger partial charge is 0.0486 e. The van der Waals surface area contributed by atoms with Crippen molar-refractivity contribution < 1.29 is 0 Å². The highest BCUT2D eigenvalue weighted by molar-refractivity contribution is 9.10. The van der Waals surface area contributed by atoms with Gasteiger partial charge in [-0.25, -0.2) is 0 Å². The number of benzene rings is 1. The fourth-order valence-corrected chi connectivity index (χ4v) is 1.83. The van der Waals surface area contributed by atoms with Gasteiger partial charge in [0.1, 0.15) is 0 Å². The summed E-state index contributed by atoms with van der Waals surface area (Å²) in [4.78, 5) is 0. The lowest BCUT2D eigenvalue weighted by molar-refractivity contribution is 0.863. The second kappa shape index (κ2) is 4.83. The van der Waals surface area contributed by atoms with Gasteiger partial charge in [-0.1, -0.05) is 19.9 Å². The molecule has 14 heavy (non-hydrogen) atoms. The molecule has 78 valence electrons. The van der Waals surface area contributed by atoms with Crippen molar-refractivity contribution in [2.75, 3.05) is 5.32 Å². The quantitative estimate of drug-likeness (QED) is 0.845. The maximum atomic E-state index is 3.58. The zero-order valence-electron chi connectivity index (χ0n) is 9.26. The average Bonchev–Trinajstić information content (AvgIpc) is 2.07. The Labute approximate surface area is 95.0 Å². The Morgan fingerprint density at radius 3 is 2.21 bits per heavy atom. The number of nitrogens with one attached hydrogen (secondary N) is 1. The fraction of sp³-hybridized carbons (Fsp3) is 0.500. The summed E-state index contributed by atoms with van der Waals surface area (Å²) in [7, 11) is 0. The molecular weight excluding hydrogens is 238 g/mol. The minimum Gasteiger partial charge on any atom is -0.382 e. The van der Waals surface area contributed by atoms with Crippen molar-refractivity contribution in [1.29, 1.82) is 0 Å². The molecule has 0 unspecified atom stereocenters. The standard InChI is InChI=1S/C12H18BrN/c1-8(2)10-5-6-12(11(13)7-10)14-9(3)4/h5-9,14H,1-4H3. The Morgan fingerprint density at radius 2 is 1.79 bits per heavy atom. The number of halogens is 1. The summed E-state index contributed by atoms with van der Waals surface area (Å²) in [6, 6.07) is 6.98. The molecular formula is C12H18BrN. The summed E-state index contributed by atoms with van der Waals surface area (Å²) >= 11 is 3.58. The number of hydrogen-bond donors (Lipinski definition) is 1. The number of anilines is 1. The predicted octanol–water partition coefficient (Wildman–Crippen LogP) is 4.39. The molecule has 1 aromatic rings. The van der Waals surface area contributed by atoms with Gasteiger partial charge < -0.3 is 5.32 Å². The van der Waals surface area contributed by atoms with Crippen LogP contribution in [-0.2, 0) is 0 Å². The van der Waals surface area contributed by atoms with E-state index in [1.165, 1.54) is 11.3 Å². The van der Waals surface area contributed by atoms with Crippen molar-refractivity contribution in [3.63, 3.8) is 0 Å². The van der Waals surface area contributed by atoms with Crippen LogP contribution in [0, 0.1) is 0 Å². The lowest BCUT2D eigenvalue weighted by Gasteiger charge is -2.14. The van der Waals surface area contributed by atoms with Gasteiger partial charge in [0.25, 0.3) is 0 Å². The van der Waals surface area contributed by atoms with Crippen LogP contribution in [0.4, 0.5) is 5.69 Å². The van der Waals surface area contributed by atoms with E-state index in [1.807, 2.05) is 0 Å². The normalized spacial score (nSPS) is 11.1. The highest BCUT2D eigenvalue weighted by atomic mass is 79.9. The Bertz CT molecular complexity index is 305. The Hall–Kier alpha value is -0.500. The van der Waals surface area contributed by atoms with Crippen molar-refractivity contribution in [1.82, 2.24) is 0 Å². The van der Waals surface area contributed by atoms with Crippen LogP contribution in [-0.4, -0.2) is 6.04 Å². The molecule has 2 heteroatoms. The van der Waals surface area contributed by atoms with Crippen molar-refractivity contribution in [3.8, 4) is 0 Å². The van der Waals surface area contributed by atoms with Crippen molar-refractivity contribution in [2.45, 2.75) is 39.7 Å². The fourth-order valence-electron chi connectivity index (χ4n) is 1.32. The maximum Gasteiger partial charge on any atom is 0.0486 e. The average molecular weight is 256 g/mol. The van der Waals surface area contributed by atoms with Crippen LogP contribution in [0.5, 0.6) is 0 Å². The van der Waals surface area contributed by atoms with Crippen molar-refractivity contribution in [3.05, 3.63) is 28.2 Å². The molecule has 0 saturated heterocycles. The summed E-state index contributed by atoms with van der Waals surface area (Å²) < 4.78 is 1.15. The van der Waals surface area contributed by atoms with Crippen molar-refractivity contribution >= 4 is 21.6 Å². The molecule has 0 bridgehead atoms. The van der Waals surface area contributed by atoms with E-state index < -0.39 is 0 Å². The summed E-state index contributed by atoms with van der Waals surface area (Å²) in [5, 5.41) is 3.39. The van der Waals surface area contributed by atoms with E-state index in [0.717, 1.165) is 4.47 Å². The molecule has 0 saturated carbocycles. The first-order valence-corrected chi connectivity index (χ1v) is 5.86. The molecule has 0 aliphatic heterocycles. The molecule has 0 spiro atoms. The molecule has 1 aromatic carbocycles. The van der Waals surface area contributed by atoms with E-state index in [0.29, 0.717) is 12.0 Å². The Balaban J connectivity index is 2.90. The van der Waals surface area contributed by atoms with Crippen LogP contribution in [0.1, 0.15) is 39.2 Å². The molecule has 0 heterocycles. The molecule has 0 aliphatic rings. The van der Waals surface area contributed by atoms with Crippen LogP contribution >= 0.6 is 15.9 Å². The molecule has 1 N–H and O–H groups in total. The Kier molecular flexibility index (Phi) is 3.99. The second-order valence-corrected chi connectivity index (χ2v) is 5.05. The van der Waals surface area contributed by atoms with Gasteiger partial charge in [-0.3, -0.25) is 0 Å². The first-order valence-electron chi connectivity index (χ1n) is 5.06. The third-order valence-electron chi connectivity index (χ3n) is 2.10. The van der Waals surface area contributed by atoms with E-state index in [2.05, 4.69) is 67.1 Å². The van der Waals surface area contributed by atoms with Gasteiger partial charge in [0, 0.05) is 16.2 Å².